The summed E-state index contributed by atoms with van der Waals surface area (Å²) in [5, 5.41) is 11.7. The highest BCUT2D eigenvalue weighted by Crippen LogP contribution is 2.20. The van der Waals surface area contributed by atoms with Gasteiger partial charge >= 0.3 is 0 Å². The predicted molar refractivity (Wildman–Crippen MR) is 62.8 cm³/mol. The van der Waals surface area contributed by atoms with E-state index in [1.165, 1.54) is 12.0 Å². The Labute approximate surface area is 92.3 Å². The van der Waals surface area contributed by atoms with E-state index in [2.05, 4.69) is 35.4 Å². The van der Waals surface area contributed by atoms with Crippen LogP contribution in [0, 0.1) is 13.8 Å². The summed E-state index contributed by atoms with van der Waals surface area (Å²) in [7, 11) is 0. The summed E-state index contributed by atoms with van der Waals surface area (Å²) in [6, 6.07) is 2.57. The van der Waals surface area contributed by atoms with Crippen LogP contribution in [0.25, 0.3) is 0 Å². The fraction of sp³-hybridized carbons (Fsp3) is 0.667. The molecule has 1 aromatic rings. The molecule has 1 N–H and O–H groups in total. The van der Waals surface area contributed by atoms with E-state index in [1.807, 2.05) is 13.8 Å². The number of hydrogen-bond acceptors (Lipinski definition) is 3. The Hall–Kier alpha value is -0.960. The van der Waals surface area contributed by atoms with Crippen molar-refractivity contribution in [2.45, 2.75) is 46.6 Å². The summed E-state index contributed by atoms with van der Waals surface area (Å²) < 4.78 is 0. The van der Waals surface area contributed by atoms with Crippen LogP contribution in [-0.4, -0.2) is 16.7 Å². The average molecular weight is 207 g/mol. The Morgan fingerprint density at radius 2 is 2.00 bits per heavy atom. The third-order valence-corrected chi connectivity index (χ3v) is 2.54. The lowest BCUT2D eigenvalue weighted by Gasteiger charge is -2.19. The van der Waals surface area contributed by atoms with Crippen LogP contribution in [0.2, 0.25) is 0 Å². The minimum absolute atomic E-state index is 0.425. The van der Waals surface area contributed by atoms with Gasteiger partial charge in [0, 0.05) is 6.04 Å². The topological polar surface area (TPSA) is 37.8 Å². The molecule has 1 rings (SSSR count). The highest BCUT2D eigenvalue weighted by molar-refractivity contribution is 5.23. The molecule has 3 heteroatoms. The van der Waals surface area contributed by atoms with Crippen LogP contribution in [-0.2, 0) is 0 Å². The largest absolute Gasteiger partial charge is 0.310 e. The molecule has 0 saturated carbocycles. The van der Waals surface area contributed by atoms with Gasteiger partial charge in [-0.25, -0.2) is 0 Å². The lowest BCUT2D eigenvalue weighted by molar-refractivity contribution is 0.503. The molecule has 1 heterocycles. The third-order valence-electron chi connectivity index (χ3n) is 2.54. The highest BCUT2D eigenvalue weighted by Gasteiger charge is 2.12. The van der Waals surface area contributed by atoms with Crippen LogP contribution in [0.3, 0.4) is 0 Å². The van der Waals surface area contributed by atoms with Crippen molar-refractivity contribution in [3.05, 3.63) is 23.0 Å². The maximum absolute atomic E-state index is 4.17. The summed E-state index contributed by atoms with van der Waals surface area (Å²) >= 11 is 0. The van der Waals surface area contributed by atoms with Gasteiger partial charge in [0.15, 0.2) is 0 Å². The SMILES string of the molecule is CCCC(NCC)c1cc(C)nnc1C. The highest BCUT2D eigenvalue weighted by atomic mass is 15.1. The zero-order chi connectivity index (χ0) is 11.3. The Balaban J connectivity index is 2.93. The first-order valence-electron chi connectivity index (χ1n) is 5.73. The number of nitrogens with zero attached hydrogens (tertiary/aromatic N) is 2. The van der Waals surface area contributed by atoms with Crippen molar-refractivity contribution < 1.29 is 0 Å². The molecule has 0 amide bonds. The van der Waals surface area contributed by atoms with E-state index < -0.39 is 0 Å². The van der Waals surface area contributed by atoms with Crippen molar-refractivity contribution in [1.82, 2.24) is 15.5 Å². The fourth-order valence-corrected chi connectivity index (χ4v) is 1.83. The summed E-state index contributed by atoms with van der Waals surface area (Å²) in [6.07, 6.45) is 2.33. The third kappa shape index (κ3) is 3.27. The second-order valence-corrected chi connectivity index (χ2v) is 3.93. The van der Waals surface area contributed by atoms with Crippen LogP contribution < -0.4 is 5.32 Å². The van der Waals surface area contributed by atoms with E-state index in [-0.39, 0.29) is 0 Å². The van der Waals surface area contributed by atoms with E-state index in [9.17, 15) is 0 Å². The van der Waals surface area contributed by atoms with Crippen molar-refractivity contribution >= 4 is 0 Å². The fourth-order valence-electron chi connectivity index (χ4n) is 1.83. The van der Waals surface area contributed by atoms with E-state index in [1.54, 1.807) is 0 Å². The second kappa shape index (κ2) is 5.81. The number of rotatable bonds is 5. The van der Waals surface area contributed by atoms with Crippen molar-refractivity contribution in [2.24, 2.45) is 0 Å². The summed E-state index contributed by atoms with van der Waals surface area (Å²) in [4.78, 5) is 0. The first kappa shape index (κ1) is 12.1. The first-order chi connectivity index (χ1) is 7.19. The lowest BCUT2D eigenvalue weighted by Crippen LogP contribution is -2.22. The number of aryl methyl sites for hydroxylation is 2. The Morgan fingerprint density at radius 3 is 2.60 bits per heavy atom. The number of aromatic nitrogens is 2. The molecular weight excluding hydrogens is 186 g/mol. The van der Waals surface area contributed by atoms with Gasteiger partial charge in [-0.05, 0) is 38.4 Å². The number of nitrogens with one attached hydrogen (secondary N) is 1. The van der Waals surface area contributed by atoms with Gasteiger partial charge in [-0.15, -0.1) is 0 Å². The molecule has 3 nitrogen and oxygen atoms in total. The van der Waals surface area contributed by atoms with E-state index in [0.717, 1.165) is 24.4 Å². The van der Waals surface area contributed by atoms with E-state index >= 15 is 0 Å². The standard InChI is InChI=1S/C12H21N3/c1-5-7-12(13-6-2)11-8-9(3)14-15-10(11)4/h8,12-13H,5-7H2,1-4H3. The van der Waals surface area contributed by atoms with Crippen LogP contribution in [0.1, 0.15) is 49.7 Å². The first-order valence-corrected chi connectivity index (χ1v) is 5.73. The smallest absolute Gasteiger partial charge is 0.0648 e. The molecule has 84 valence electrons. The normalized spacial score (nSPS) is 12.8. The Morgan fingerprint density at radius 1 is 1.27 bits per heavy atom. The van der Waals surface area contributed by atoms with Gasteiger partial charge < -0.3 is 5.32 Å². The minimum atomic E-state index is 0.425. The molecule has 0 aliphatic carbocycles. The zero-order valence-electron chi connectivity index (χ0n) is 10.2. The molecule has 0 spiro atoms. The van der Waals surface area contributed by atoms with Crippen molar-refractivity contribution in [3.63, 3.8) is 0 Å². The second-order valence-electron chi connectivity index (χ2n) is 3.93. The lowest BCUT2D eigenvalue weighted by atomic mass is 10.0. The Bertz CT molecular complexity index is 304. The van der Waals surface area contributed by atoms with Crippen molar-refractivity contribution in [1.29, 1.82) is 0 Å². The predicted octanol–water partition coefficient (Wildman–Crippen LogP) is 2.54. The van der Waals surface area contributed by atoms with Crippen molar-refractivity contribution in [2.75, 3.05) is 6.54 Å². The maximum atomic E-state index is 4.17. The average Bonchev–Trinajstić information content (AvgIpc) is 2.21. The molecular formula is C12H21N3. The molecule has 0 saturated heterocycles. The quantitative estimate of drug-likeness (QED) is 0.806. The zero-order valence-corrected chi connectivity index (χ0v) is 10.2. The maximum Gasteiger partial charge on any atom is 0.0648 e. The van der Waals surface area contributed by atoms with Gasteiger partial charge in [0.25, 0.3) is 0 Å². The molecule has 0 fully saturated rings. The van der Waals surface area contributed by atoms with Gasteiger partial charge in [0.05, 0.1) is 11.4 Å². The molecule has 15 heavy (non-hydrogen) atoms. The van der Waals surface area contributed by atoms with Crippen LogP contribution in [0.4, 0.5) is 0 Å². The van der Waals surface area contributed by atoms with E-state index in [4.69, 9.17) is 0 Å². The van der Waals surface area contributed by atoms with Gasteiger partial charge in [-0.2, -0.15) is 10.2 Å². The summed E-state index contributed by atoms with van der Waals surface area (Å²) in [6.45, 7) is 9.36. The monoisotopic (exact) mass is 207 g/mol. The molecule has 1 atom stereocenters. The van der Waals surface area contributed by atoms with Crippen LogP contribution in [0.15, 0.2) is 6.07 Å². The van der Waals surface area contributed by atoms with Crippen LogP contribution >= 0.6 is 0 Å². The molecule has 0 aliphatic rings. The molecule has 0 aliphatic heterocycles. The molecule has 0 radical (unpaired) electrons. The van der Waals surface area contributed by atoms with E-state index in [0.29, 0.717) is 6.04 Å². The minimum Gasteiger partial charge on any atom is -0.310 e. The Kier molecular flexibility index (Phi) is 4.69. The van der Waals surface area contributed by atoms with Gasteiger partial charge in [-0.3, -0.25) is 0 Å². The molecule has 0 bridgehead atoms. The summed E-state index contributed by atoms with van der Waals surface area (Å²) in [5.41, 5.74) is 3.33. The van der Waals surface area contributed by atoms with Crippen molar-refractivity contribution in [3.8, 4) is 0 Å². The van der Waals surface area contributed by atoms with Gasteiger partial charge in [0.1, 0.15) is 0 Å². The van der Waals surface area contributed by atoms with Gasteiger partial charge in [-0.1, -0.05) is 20.3 Å². The number of hydrogen-bond donors (Lipinski definition) is 1. The molecule has 0 aromatic carbocycles. The van der Waals surface area contributed by atoms with Crippen LogP contribution in [0.5, 0.6) is 0 Å². The molecule has 1 unspecified atom stereocenters. The molecule has 1 aromatic heterocycles. The van der Waals surface area contributed by atoms with Gasteiger partial charge in [0.2, 0.25) is 0 Å². The summed E-state index contributed by atoms with van der Waals surface area (Å²) in [5.74, 6) is 0.